The summed E-state index contributed by atoms with van der Waals surface area (Å²) >= 11 is 7.23. The number of hydrazone groups is 1. The summed E-state index contributed by atoms with van der Waals surface area (Å²) in [5.74, 6) is 0.168. The zero-order valence-electron chi connectivity index (χ0n) is 10.9. The smallest absolute Gasteiger partial charge is 0.250 e. The predicted molar refractivity (Wildman–Crippen MR) is 83.3 cm³/mol. The van der Waals surface area contributed by atoms with Gasteiger partial charge < -0.3 is 4.57 Å². The van der Waals surface area contributed by atoms with E-state index in [1.165, 1.54) is 11.8 Å². The molecule has 104 valence electrons. The summed E-state index contributed by atoms with van der Waals surface area (Å²) in [5, 5.41) is 4.61. The Labute approximate surface area is 126 Å². The molecule has 0 aliphatic rings. The first-order valence-corrected chi connectivity index (χ1v) is 7.33. The van der Waals surface area contributed by atoms with Crippen molar-refractivity contribution in [3.05, 3.63) is 53.3 Å². The van der Waals surface area contributed by atoms with Gasteiger partial charge in [-0.1, -0.05) is 11.6 Å². The fourth-order valence-electron chi connectivity index (χ4n) is 1.49. The van der Waals surface area contributed by atoms with Crippen LogP contribution in [0.3, 0.4) is 0 Å². The van der Waals surface area contributed by atoms with Crippen LogP contribution < -0.4 is 5.43 Å². The summed E-state index contributed by atoms with van der Waals surface area (Å²) in [6.45, 7) is 0. The number of aromatic nitrogens is 1. The standard InChI is InChI=1S/C14H14ClN3OS/c1-18-8-2-3-12(18)9-16-17-14(19)10-20-13-6-4-11(15)5-7-13/h2-9H,10H2,1H3,(H,17,19)/b16-9-. The molecule has 0 spiro atoms. The van der Waals surface area contributed by atoms with Gasteiger partial charge in [-0.25, -0.2) is 5.43 Å². The third-order valence-electron chi connectivity index (χ3n) is 2.55. The summed E-state index contributed by atoms with van der Waals surface area (Å²) in [4.78, 5) is 12.6. The first-order chi connectivity index (χ1) is 9.65. The predicted octanol–water partition coefficient (Wildman–Crippen LogP) is 2.92. The lowest BCUT2D eigenvalue weighted by Crippen LogP contribution is -2.19. The first-order valence-electron chi connectivity index (χ1n) is 5.97. The number of hydrogen-bond acceptors (Lipinski definition) is 3. The van der Waals surface area contributed by atoms with Crippen LogP contribution in [0.2, 0.25) is 5.02 Å². The van der Waals surface area contributed by atoms with Gasteiger partial charge in [0.15, 0.2) is 0 Å². The van der Waals surface area contributed by atoms with Crippen LogP contribution in [0.25, 0.3) is 0 Å². The van der Waals surface area contributed by atoms with Gasteiger partial charge in [-0.05, 0) is 36.4 Å². The van der Waals surface area contributed by atoms with E-state index in [1.807, 2.05) is 42.1 Å². The van der Waals surface area contributed by atoms with Crippen molar-refractivity contribution in [3.8, 4) is 0 Å². The number of benzene rings is 1. The molecule has 2 aromatic rings. The maximum atomic E-state index is 11.6. The summed E-state index contributed by atoms with van der Waals surface area (Å²) in [6, 6.07) is 11.2. The number of amides is 1. The second-order valence-corrected chi connectivity index (χ2v) is 5.56. The van der Waals surface area contributed by atoms with Crippen LogP contribution in [0.5, 0.6) is 0 Å². The average Bonchev–Trinajstić information content (AvgIpc) is 2.84. The van der Waals surface area contributed by atoms with E-state index >= 15 is 0 Å². The quantitative estimate of drug-likeness (QED) is 0.524. The number of carbonyl (C=O) groups is 1. The second-order valence-electron chi connectivity index (χ2n) is 4.08. The summed E-state index contributed by atoms with van der Waals surface area (Å²) in [7, 11) is 1.92. The Hall–Kier alpha value is -1.72. The molecule has 1 heterocycles. The highest BCUT2D eigenvalue weighted by Gasteiger charge is 2.01. The highest BCUT2D eigenvalue weighted by atomic mass is 35.5. The lowest BCUT2D eigenvalue weighted by Gasteiger charge is -2.01. The van der Waals surface area contributed by atoms with Crippen molar-refractivity contribution in [1.29, 1.82) is 0 Å². The number of rotatable bonds is 5. The van der Waals surface area contributed by atoms with Crippen molar-refractivity contribution >= 4 is 35.5 Å². The van der Waals surface area contributed by atoms with Crippen molar-refractivity contribution in [2.24, 2.45) is 12.1 Å². The van der Waals surface area contributed by atoms with E-state index in [0.717, 1.165) is 10.6 Å². The van der Waals surface area contributed by atoms with Crippen molar-refractivity contribution in [3.63, 3.8) is 0 Å². The van der Waals surface area contributed by atoms with Crippen molar-refractivity contribution in [2.75, 3.05) is 5.75 Å². The lowest BCUT2D eigenvalue weighted by molar-refractivity contribution is -0.118. The normalized spacial score (nSPS) is 10.9. The van der Waals surface area contributed by atoms with Gasteiger partial charge in [0.05, 0.1) is 17.7 Å². The maximum Gasteiger partial charge on any atom is 0.250 e. The molecule has 1 N–H and O–H groups in total. The molecule has 4 nitrogen and oxygen atoms in total. The summed E-state index contributed by atoms with van der Waals surface area (Å²) in [6.07, 6.45) is 3.53. The Kier molecular flexibility index (Phi) is 5.26. The van der Waals surface area contributed by atoms with Crippen LogP contribution in [-0.2, 0) is 11.8 Å². The molecule has 0 saturated heterocycles. The van der Waals surface area contributed by atoms with E-state index in [2.05, 4.69) is 10.5 Å². The minimum absolute atomic E-state index is 0.143. The van der Waals surface area contributed by atoms with Crippen LogP contribution in [0, 0.1) is 0 Å². The maximum absolute atomic E-state index is 11.6. The highest BCUT2D eigenvalue weighted by molar-refractivity contribution is 8.00. The largest absolute Gasteiger partial charge is 0.350 e. The molecule has 0 radical (unpaired) electrons. The molecule has 1 amide bonds. The molecule has 0 saturated carbocycles. The van der Waals surface area contributed by atoms with Gasteiger partial charge >= 0.3 is 0 Å². The second kappa shape index (κ2) is 7.17. The first kappa shape index (κ1) is 14.7. The molecule has 0 aliphatic heterocycles. The summed E-state index contributed by atoms with van der Waals surface area (Å²) in [5.41, 5.74) is 3.43. The third kappa shape index (κ3) is 4.43. The van der Waals surface area contributed by atoms with Gasteiger partial charge in [0.2, 0.25) is 5.91 Å². The average molecular weight is 308 g/mol. The van der Waals surface area contributed by atoms with Crippen LogP contribution in [0.15, 0.2) is 52.6 Å². The number of aryl methyl sites for hydroxylation is 1. The fourth-order valence-corrected chi connectivity index (χ4v) is 2.31. The van der Waals surface area contributed by atoms with Crippen LogP contribution >= 0.6 is 23.4 Å². The van der Waals surface area contributed by atoms with Gasteiger partial charge in [0.1, 0.15) is 0 Å². The van der Waals surface area contributed by atoms with Gasteiger partial charge in [0.25, 0.3) is 0 Å². The van der Waals surface area contributed by atoms with Crippen LogP contribution in [0.1, 0.15) is 5.69 Å². The van der Waals surface area contributed by atoms with E-state index in [9.17, 15) is 4.79 Å². The van der Waals surface area contributed by atoms with E-state index in [-0.39, 0.29) is 5.91 Å². The molecular weight excluding hydrogens is 294 g/mol. The fraction of sp³-hybridized carbons (Fsp3) is 0.143. The molecule has 0 fully saturated rings. The molecule has 0 unspecified atom stereocenters. The number of nitrogens with one attached hydrogen (secondary N) is 1. The minimum atomic E-state index is -0.143. The highest BCUT2D eigenvalue weighted by Crippen LogP contribution is 2.19. The Bertz CT molecular complexity index is 607. The van der Waals surface area contributed by atoms with E-state index in [4.69, 9.17) is 11.6 Å². The number of halogens is 1. The number of hydrogen-bond donors (Lipinski definition) is 1. The molecule has 1 aromatic carbocycles. The van der Waals surface area contributed by atoms with Crippen molar-refractivity contribution < 1.29 is 4.79 Å². The van der Waals surface area contributed by atoms with Gasteiger partial charge in [-0.15, -0.1) is 11.8 Å². The molecule has 0 bridgehead atoms. The molecular formula is C14H14ClN3OS. The number of carbonyl (C=O) groups excluding carboxylic acids is 1. The topological polar surface area (TPSA) is 46.4 Å². The number of thioether (sulfide) groups is 1. The van der Waals surface area contributed by atoms with Gasteiger partial charge in [-0.2, -0.15) is 5.10 Å². The molecule has 1 aromatic heterocycles. The van der Waals surface area contributed by atoms with Gasteiger partial charge in [0, 0.05) is 23.2 Å². The molecule has 20 heavy (non-hydrogen) atoms. The monoisotopic (exact) mass is 307 g/mol. The Morgan fingerprint density at radius 1 is 1.40 bits per heavy atom. The lowest BCUT2D eigenvalue weighted by atomic mass is 10.4. The van der Waals surface area contributed by atoms with E-state index < -0.39 is 0 Å². The Morgan fingerprint density at radius 3 is 2.80 bits per heavy atom. The van der Waals surface area contributed by atoms with Gasteiger partial charge in [-0.3, -0.25) is 4.79 Å². The minimum Gasteiger partial charge on any atom is -0.350 e. The zero-order chi connectivity index (χ0) is 14.4. The van der Waals surface area contributed by atoms with E-state index in [0.29, 0.717) is 10.8 Å². The van der Waals surface area contributed by atoms with Crippen LogP contribution in [-0.4, -0.2) is 22.4 Å². The zero-order valence-corrected chi connectivity index (χ0v) is 12.5. The van der Waals surface area contributed by atoms with E-state index in [1.54, 1.807) is 18.3 Å². The summed E-state index contributed by atoms with van der Waals surface area (Å²) < 4.78 is 1.91. The van der Waals surface area contributed by atoms with Crippen molar-refractivity contribution in [2.45, 2.75) is 4.90 Å². The molecule has 6 heteroatoms. The SMILES string of the molecule is Cn1cccc1/C=N\NC(=O)CSc1ccc(Cl)cc1. The Morgan fingerprint density at radius 2 is 2.15 bits per heavy atom. The third-order valence-corrected chi connectivity index (χ3v) is 3.82. The van der Waals surface area contributed by atoms with Crippen LogP contribution in [0.4, 0.5) is 0 Å². The molecule has 0 aliphatic carbocycles. The Balaban J connectivity index is 1.77. The molecule has 0 atom stereocenters. The van der Waals surface area contributed by atoms with Crippen molar-refractivity contribution in [1.82, 2.24) is 9.99 Å². The molecule has 2 rings (SSSR count). The number of nitrogens with zero attached hydrogens (tertiary/aromatic N) is 2.